The van der Waals surface area contributed by atoms with Gasteiger partial charge in [0.2, 0.25) is 0 Å². The fourth-order valence-corrected chi connectivity index (χ4v) is 10.1. The van der Waals surface area contributed by atoms with Gasteiger partial charge in [-0.25, -0.2) is 0 Å². The van der Waals surface area contributed by atoms with E-state index >= 15 is 0 Å². The van der Waals surface area contributed by atoms with E-state index in [1.54, 1.807) is 6.92 Å². The molecule has 178 valence electrons. The second kappa shape index (κ2) is 8.22. The van der Waals surface area contributed by atoms with Crippen LogP contribution in [-0.4, -0.2) is 27.0 Å². The van der Waals surface area contributed by atoms with E-state index in [0.29, 0.717) is 35.0 Å². The van der Waals surface area contributed by atoms with Crippen LogP contribution < -0.4 is 0 Å². The van der Waals surface area contributed by atoms with Crippen molar-refractivity contribution in [2.75, 3.05) is 0 Å². The van der Waals surface area contributed by atoms with Crippen molar-refractivity contribution in [3.05, 3.63) is 0 Å². The summed E-state index contributed by atoms with van der Waals surface area (Å²) in [6, 6.07) is 0. The third-order valence-corrected chi connectivity index (χ3v) is 11.7. The first-order valence-electron chi connectivity index (χ1n) is 13.1. The van der Waals surface area contributed by atoms with Gasteiger partial charge in [0.15, 0.2) is 0 Å². The lowest BCUT2D eigenvalue weighted by Crippen LogP contribution is -2.56. The van der Waals surface area contributed by atoms with Gasteiger partial charge in [0.25, 0.3) is 0 Å². The van der Waals surface area contributed by atoms with E-state index in [2.05, 4.69) is 40.3 Å². The lowest BCUT2D eigenvalue weighted by atomic mass is 9.42. The highest BCUT2D eigenvalue weighted by Gasteiger charge is 2.62. The molecule has 0 saturated heterocycles. The molecule has 4 aliphatic rings. The molecule has 4 heteroatoms. The molecule has 11 unspecified atom stereocenters. The predicted octanol–water partition coefficient (Wildman–Crippen LogP) is 6.44. The number of hydrogen-bond acceptors (Lipinski definition) is 3. The van der Waals surface area contributed by atoms with Crippen LogP contribution >= 0.6 is 12.6 Å². The molecule has 0 aromatic rings. The summed E-state index contributed by atoms with van der Waals surface area (Å²) in [5.41, 5.74) is 0.749. The van der Waals surface area contributed by atoms with Crippen molar-refractivity contribution in [1.82, 2.24) is 0 Å². The van der Waals surface area contributed by atoms with Gasteiger partial charge < -0.3 is 10.2 Å². The minimum atomic E-state index is -0.938. The predicted molar refractivity (Wildman–Crippen MR) is 129 cm³/mol. The van der Waals surface area contributed by atoms with Gasteiger partial charge in [-0.3, -0.25) is 4.79 Å². The van der Waals surface area contributed by atoms with E-state index in [9.17, 15) is 15.0 Å². The van der Waals surface area contributed by atoms with Crippen LogP contribution in [0.15, 0.2) is 0 Å². The summed E-state index contributed by atoms with van der Waals surface area (Å²) in [5.74, 6) is 4.09. The zero-order valence-electron chi connectivity index (χ0n) is 20.4. The number of fused-ring (bicyclic) bond motifs is 5. The van der Waals surface area contributed by atoms with Crippen molar-refractivity contribution in [2.45, 2.75) is 110 Å². The van der Waals surface area contributed by atoms with Gasteiger partial charge in [-0.05, 0) is 117 Å². The first kappa shape index (κ1) is 23.9. The van der Waals surface area contributed by atoms with E-state index in [1.807, 2.05) is 0 Å². The molecule has 4 aliphatic carbocycles. The number of rotatable bonds is 5. The molecule has 4 saturated carbocycles. The van der Waals surface area contributed by atoms with Crippen molar-refractivity contribution in [2.24, 2.45) is 52.3 Å². The molecule has 0 radical (unpaired) electrons. The third kappa shape index (κ3) is 3.80. The standard InChI is InChI=1S/C27H46O3S/c1-6-17-13-19-21-8-7-20(16(2)15-27(5,31)24(29)30)25(21,3)12-10-22(19)26(4)11-9-18(28)14-23(17)26/h16-23,28,31H,6-15H2,1-5H3,(H,29,30). The molecule has 4 rings (SSSR count). The maximum absolute atomic E-state index is 11.7. The molecular formula is C27H46O3S. The van der Waals surface area contributed by atoms with Crippen molar-refractivity contribution in [1.29, 1.82) is 0 Å². The maximum Gasteiger partial charge on any atom is 0.319 e. The first-order valence-corrected chi connectivity index (χ1v) is 13.5. The zero-order chi connectivity index (χ0) is 22.8. The summed E-state index contributed by atoms with van der Waals surface area (Å²) in [5, 5.41) is 20.0. The molecule has 0 aromatic carbocycles. The number of aliphatic hydroxyl groups excluding tert-OH is 1. The second-order valence-electron chi connectivity index (χ2n) is 12.8. The Morgan fingerprint density at radius 2 is 1.71 bits per heavy atom. The molecule has 3 nitrogen and oxygen atoms in total. The number of carboxylic acid groups (broad SMARTS) is 1. The fraction of sp³-hybridized carbons (Fsp3) is 0.963. The maximum atomic E-state index is 11.7. The topological polar surface area (TPSA) is 57.5 Å². The lowest BCUT2D eigenvalue weighted by Gasteiger charge is -2.63. The highest BCUT2D eigenvalue weighted by atomic mass is 32.1. The van der Waals surface area contributed by atoms with Crippen LogP contribution in [-0.2, 0) is 4.79 Å². The van der Waals surface area contributed by atoms with Crippen LogP contribution in [0.4, 0.5) is 0 Å². The Morgan fingerprint density at radius 3 is 2.35 bits per heavy atom. The van der Waals surface area contributed by atoms with Gasteiger partial charge >= 0.3 is 5.97 Å². The molecule has 0 spiro atoms. The van der Waals surface area contributed by atoms with E-state index in [-0.39, 0.29) is 6.10 Å². The Balaban J connectivity index is 1.57. The van der Waals surface area contributed by atoms with Gasteiger partial charge in [0, 0.05) is 0 Å². The largest absolute Gasteiger partial charge is 0.480 e. The van der Waals surface area contributed by atoms with Crippen LogP contribution in [0.5, 0.6) is 0 Å². The number of aliphatic hydroxyl groups is 1. The van der Waals surface area contributed by atoms with Crippen LogP contribution in [0.3, 0.4) is 0 Å². The SMILES string of the molecule is CCC1CC2C3CCC(C(C)CC(C)(S)C(=O)O)C3(C)CCC2C2(C)CCC(O)CC12. The summed E-state index contributed by atoms with van der Waals surface area (Å²) < 4.78 is -0.938. The summed E-state index contributed by atoms with van der Waals surface area (Å²) in [4.78, 5) is 11.7. The quantitative estimate of drug-likeness (QED) is 0.422. The number of thiol groups is 1. The summed E-state index contributed by atoms with van der Waals surface area (Å²) >= 11 is 4.51. The lowest BCUT2D eigenvalue weighted by molar-refractivity contribution is -0.153. The Hall–Kier alpha value is -0.220. The normalized spacial score (nSPS) is 50.0. The molecule has 0 amide bonds. The summed E-state index contributed by atoms with van der Waals surface area (Å²) in [7, 11) is 0. The third-order valence-electron chi connectivity index (χ3n) is 11.3. The average Bonchev–Trinajstić information content (AvgIpc) is 3.05. The average molecular weight is 451 g/mol. The molecular weight excluding hydrogens is 404 g/mol. The minimum Gasteiger partial charge on any atom is -0.480 e. The van der Waals surface area contributed by atoms with Gasteiger partial charge in [0.05, 0.1) is 6.10 Å². The van der Waals surface area contributed by atoms with E-state index in [1.165, 1.54) is 44.9 Å². The molecule has 31 heavy (non-hydrogen) atoms. The van der Waals surface area contributed by atoms with Crippen molar-refractivity contribution < 1.29 is 15.0 Å². The first-order chi connectivity index (χ1) is 14.4. The molecule has 0 heterocycles. The smallest absolute Gasteiger partial charge is 0.319 e. The van der Waals surface area contributed by atoms with Crippen LogP contribution in [0.1, 0.15) is 98.8 Å². The molecule has 0 aromatic heterocycles. The molecule has 2 N–H and O–H groups in total. The highest BCUT2D eigenvalue weighted by Crippen LogP contribution is 2.69. The number of carboxylic acids is 1. The summed E-state index contributed by atoms with van der Waals surface area (Å²) in [6.45, 7) is 11.6. The second-order valence-corrected chi connectivity index (χ2v) is 13.8. The van der Waals surface area contributed by atoms with Crippen molar-refractivity contribution >= 4 is 18.6 Å². The van der Waals surface area contributed by atoms with E-state index < -0.39 is 10.7 Å². The van der Waals surface area contributed by atoms with Gasteiger partial charge in [-0.1, -0.05) is 34.1 Å². The molecule has 0 aliphatic heterocycles. The van der Waals surface area contributed by atoms with Crippen LogP contribution in [0.25, 0.3) is 0 Å². The van der Waals surface area contributed by atoms with Crippen molar-refractivity contribution in [3.8, 4) is 0 Å². The molecule has 11 atom stereocenters. The number of aliphatic carboxylic acids is 1. The number of hydrogen-bond donors (Lipinski definition) is 3. The summed E-state index contributed by atoms with van der Waals surface area (Å²) in [6.07, 6.45) is 11.6. The number of carbonyl (C=O) groups is 1. The van der Waals surface area contributed by atoms with Gasteiger partial charge in [0.1, 0.15) is 4.75 Å². The molecule has 0 bridgehead atoms. The zero-order valence-corrected chi connectivity index (χ0v) is 21.3. The fourth-order valence-electron chi connectivity index (χ4n) is 9.77. The Labute approximate surface area is 195 Å². The Kier molecular flexibility index (Phi) is 6.34. The molecule has 4 fully saturated rings. The highest BCUT2D eigenvalue weighted by molar-refractivity contribution is 7.82. The monoisotopic (exact) mass is 450 g/mol. The Bertz CT molecular complexity index is 692. The minimum absolute atomic E-state index is 0.0842. The Morgan fingerprint density at radius 1 is 1.06 bits per heavy atom. The van der Waals surface area contributed by atoms with Gasteiger partial charge in [-0.15, -0.1) is 0 Å². The van der Waals surface area contributed by atoms with Gasteiger partial charge in [-0.2, -0.15) is 12.6 Å². The van der Waals surface area contributed by atoms with E-state index in [0.717, 1.165) is 36.5 Å². The van der Waals surface area contributed by atoms with E-state index in [4.69, 9.17) is 0 Å². The van der Waals surface area contributed by atoms with Crippen LogP contribution in [0, 0.1) is 52.3 Å². The van der Waals surface area contributed by atoms with Crippen LogP contribution in [0.2, 0.25) is 0 Å². The van der Waals surface area contributed by atoms with Crippen molar-refractivity contribution in [3.63, 3.8) is 0 Å².